The Kier molecular flexibility index (Phi) is 5.86. The van der Waals surface area contributed by atoms with Gasteiger partial charge in [-0.25, -0.2) is 14.1 Å². The Labute approximate surface area is 195 Å². The molecule has 1 aromatic carbocycles. The highest BCUT2D eigenvalue weighted by Gasteiger charge is 2.24. The number of carbonyl (C=O) groups is 1. The van der Waals surface area contributed by atoms with Gasteiger partial charge in [-0.05, 0) is 37.3 Å². The Bertz CT molecular complexity index is 1280. The lowest BCUT2D eigenvalue weighted by atomic mass is 10.1. The van der Waals surface area contributed by atoms with Crippen LogP contribution in [0.2, 0.25) is 5.02 Å². The Morgan fingerprint density at radius 1 is 1.15 bits per heavy atom. The lowest BCUT2D eigenvalue weighted by Gasteiger charge is -2.35. The van der Waals surface area contributed by atoms with Crippen LogP contribution in [-0.2, 0) is 17.9 Å². The van der Waals surface area contributed by atoms with Crippen molar-refractivity contribution in [3.8, 4) is 11.3 Å². The van der Waals surface area contributed by atoms with Crippen LogP contribution < -0.4 is 0 Å². The van der Waals surface area contributed by atoms with E-state index in [0.717, 1.165) is 22.4 Å². The fourth-order valence-corrected chi connectivity index (χ4v) is 4.54. The number of hydrogen-bond acceptors (Lipinski definition) is 5. The molecular weight excluding hydrogens is 445 g/mol. The number of hydrogen-bond donors (Lipinski definition) is 0. The summed E-state index contributed by atoms with van der Waals surface area (Å²) in [6, 6.07) is 10.3. The molecule has 0 N–H and O–H groups in total. The smallest absolute Gasteiger partial charge is 0.244 e. The summed E-state index contributed by atoms with van der Waals surface area (Å²) < 4.78 is 21.3. The van der Waals surface area contributed by atoms with Gasteiger partial charge in [-0.1, -0.05) is 17.7 Å². The van der Waals surface area contributed by atoms with Gasteiger partial charge < -0.3 is 9.32 Å². The van der Waals surface area contributed by atoms with Gasteiger partial charge in [-0.15, -0.1) is 0 Å². The molecule has 1 aliphatic rings. The second-order valence-electron chi connectivity index (χ2n) is 8.13. The molecule has 170 valence electrons. The summed E-state index contributed by atoms with van der Waals surface area (Å²) in [7, 11) is 0. The van der Waals surface area contributed by atoms with Crippen molar-refractivity contribution in [2.45, 2.75) is 20.0 Å². The zero-order chi connectivity index (χ0) is 22.9. The summed E-state index contributed by atoms with van der Waals surface area (Å²) in [6.45, 7) is 4.87. The third-order valence-corrected chi connectivity index (χ3v) is 6.40. The molecule has 0 aliphatic carbocycles. The van der Waals surface area contributed by atoms with Crippen molar-refractivity contribution in [3.63, 3.8) is 0 Å². The molecule has 0 bridgehead atoms. The van der Waals surface area contributed by atoms with Crippen LogP contribution in [0.4, 0.5) is 4.39 Å². The number of nitrogens with zero attached hydrogens (tertiary/aromatic N) is 5. The van der Waals surface area contributed by atoms with E-state index < -0.39 is 0 Å². The van der Waals surface area contributed by atoms with E-state index in [1.807, 2.05) is 30.0 Å². The molecule has 1 aliphatic heterocycles. The Morgan fingerprint density at radius 3 is 2.70 bits per heavy atom. The molecule has 0 atom stereocenters. The molecule has 4 aromatic rings. The minimum Gasteiger partial charge on any atom is -0.464 e. The number of piperazine rings is 1. The lowest BCUT2D eigenvalue weighted by molar-refractivity contribution is -0.133. The highest BCUT2D eigenvalue weighted by Crippen LogP contribution is 2.30. The molecule has 0 spiro atoms. The van der Waals surface area contributed by atoms with Crippen molar-refractivity contribution in [2.24, 2.45) is 0 Å². The fraction of sp³-hybridized carbons (Fsp3) is 0.292. The zero-order valence-electron chi connectivity index (χ0n) is 18.2. The molecule has 7 nitrogen and oxygen atoms in total. The molecule has 33 heavy (non-hydrogen) atoms. The topological polar surface area (TPSA) is 67.4 Å². The van der Waals surface area contributed by atoms with E-state index in [0.29, 0.717) is 49.0 Å². The third kappa shape index (κ3) is 4.24. The summed E-state index contributed by atoms with van der Waals surface area (Å²) in [6.07, 6.45) is 3.33. The van der Waals surface area contributed by atoms with Crippen LogP contribution >= 0.6 is 11.6 Å². The van der Waals surface area contributed by atoms with Gasteiger partial charge in [0.2, 0.25) is 5.91 Å². The molecule has 5 rings (SSSR count). The number of halogens is 2. The molecule has 1 saturated heterocycles. The molecule has 9 heteroatoms. The van der Waals surface area contributed by atoms with Crippen molar-refractivity contribution in [1.82, 2.24) is 24.6 Å². The summed E-state index contributed by atoms with van der Waals surface area (Å²) in [5.41, 5.74) is 2.85. The second-order valence-corrected chi connectivity index (χ2v) is 8.54. The first kappa shape index (κ1) is 21.6. The van der Waals surface area contributed by atoms with E-state index in [9.17, 15) is 9.18 Å². The van der Waals surface area contributed by atoms with Gasteiger partial charge in [0.25, 0.3) is 0 Å². The van der Waals surface area contributed by atoms with E-state index in [1.165, 1.54) is 6.07 Å². The number of aryl methyl sites for hydroxylation is 1. The SMILES string of the molecule is Cc1nn(CC(=O)N2CCN(Cc3c(F)cccc3Cl)CC2)c2nccc(-c3ccco3)c12. The fourth-order valence-electron chi connectivity index (χ4n) is 4.32. The number of amides is 1. The molecule has 1 fully saturated rings. The standard InChI is InChI=1S/C24H23ClFN5O2/c1-16-23-17(21-6-3-13-33-21)7-8-27-24(23)31(28-16)15-22(32)30-11-9-29(10-12-30)14-18-19(25)4-2-5-20(18)26/h2-8,13H,9-12,14-15H2,1H3. The van der Waals surface area contributed by atoms with Crippen LogP contribution in [0.15, 0.2) is 53.3 Å². The van der Waals surface area contributed by atoms with Crippen LogP contribution in [0.1, 0.15) is 11.3 Å². The van der Waals surface area contributed by atoms with Gasteiger partial charge in [0.05, 0.1) is 17.3 Å². The maximum Gasteiger partial charge on any atom is 0.244 e. The monoisotopic (exact) mass is 467 g/mol. The first-order valence-electron chi connectivity index (χ1n) is 10.8. The van der Waals surface area contributed by atoms with Crippen LogP contribution in [0.3, 0.4) is 0 Å². The van der Waals surface area contributed by atoms with Crippen molar-refractivity contribution in [2.75, 3.05) is 26.2 Å². The number of benzene rings is 1. The number of aromatic nitrogens is 3. The Morgan fingerprint density at radius 2 is 1.97 bits per heavy atom. The molecule has 0 saturated carbocycles. The average Bonchev–Trinajstić information content (AvgIpc) is 3.46. The molecular formula is C24H23ClFN5O2. The van der Waals surface area contributed by atoms with Crippen LogP contribution in [0.5, 0.6) is 0 Å². The summed E-state index contributed by atoms with van der Waals surface area (Å²) in [5, 5.41) is 5.89. The van der Waals surface area contributed by atoms with Gasteiger partial charge in [0, 0.05) is 55.1 Å². The molecule has 0 radical (unpaired) electrons. The van der Waals surface area contributed by atoms with Gasteiger partial charge in [-0.2, -0.15) is 5.10 Å². The number of carbonyl (C=O) groups excluding carboxylic acids is 1. The van der Waals surface area contributed by atoms with E-state index in [-0.39, 0.29) is 18.3 Å². The Balaban J connectivity index is 1.27. The van der Waals surface area contributed by atoms with Crippen molar-refractivity contribution < 1.29 is 13.6 Å². The van der Waals surface area contributed by atoms with E-state index >= 15 is 0 Å². The second kappa shape index (κ2) is 8.96. The minimum absolute atomic E-state index is 0.0202. The Hall–Kier alpha value is -3.23. The van der Waals surface area contributed by atoms with E-state index in [1.54, 1.807) is 29.3 Å². The van der Waals surface area contributed by atoms with Crippen molar-refractivity contribution in [1.29, 1.82) is 0 Å². The predicted octanol–water partition coefficient (Wildman–Crippen LogP) is 4.14. The van der Waals surface area contributed by atoms with Gasteiger partial charge in [-0.3, -0.25) is 9.69 Å². The van der Waals surface area contributed by atoms with Crippen LogP contribution in [0.25, 0.3) is 22.4 Å². The molecule has 4 heterocycles. The maximum absolute atomic E-state index is 14.1. The van der Waals surface area contributed by atoms with Crippen molar-refractivity contribution in [3.05, 3.63) is 71.0 Å². The normalized spacial score (nSPS) is 14.8. The predicted molar refractivity (Wildman–Crippen MR) is 123 cm³/mol. The van der Waals surface area contributed by atoms with E-state index in [4.69, 9.17) is 16.0 Å². The third-order valence-electron chi connectivity index (χ3n) is 6.05. The van der Waals surface area contributed by atoms with Crippen molar-refractivity contribution >= 4 is 28.5 Å². The van der Waals surface area contributed by atoms with Crippen LogP contribution in [0, 0.1) is 12.7 Å². The number of rotatable bonds is 5. The summed E-state index contributed by atoms with van der Waals surface area (Å²) >= 11 is 6.16. The molecule has 3 aromatic heterocycles. The van der Waals surface area contributed by atoms with Gasteiger partial charge in [0.15, 0.2) is 5.65 Å². The maximum atomic E-state index is 14.1. The number of fused-ring (bicyclic) bond motifs is 1. The summed E-state index contributed by atoms with van der Waals surface area (Å²) in [5.74, 6) is 0.416. The van der Waals surface area contributed by atoms with Gasteiger partial charge >= 0.3 is 0 Å². The number of furan rings is 1. The number of pyridine rings is 1. The quantitative estimate of drug-likeness (QED) is 0.441. The molecule has 1 amide bonds. The largest absolute Gasteiger partial charge is 0.464 e. The first-order chi connectivity index (χ1) is 16.0. The highest BCUT2D eigenvalue weighted by atomic mass is 35.5. The summed E-state index contributed by atoms with van der Waals surface area (Å²) in [4.78, 5) is 21.4. The minimum atomic E-state index is -0.302. The first-order valence-corrected chi connectivity index (χ1v) is 11.2. The highest BCUT2D eigenvalue weighted by molar-refractivity contribution is 6.31. The zero-order valence-corrected chi connectivity index (χ0v) is 18.9. The molecule has 0 unspecified atom stereocenters. The lowest BCUT2D eigenvalue weighted by Crippen LogP contribution is -2.49. The van der Waals surface area contributed by atoms with Crippen LogP contribution in [-0.4, -0.2) is 56.7 Å². The van der Waals surface area contributed by atoms with E-state index in [2.05, 4.69) is 15.0 Å². The van der Waals surface area contributed by atoms with Gasteiger partial charge in [0.1, 0.15) is 18.1 Å². The average molecular weight is 468 g/mol.